The first-order valence-electron chi connectivity index (χ1n) is 11.1. The first kappa shape index (κ1) is 25.0. The molecule has 8 nitrogen and oxygen atoms in total. The van der Waals surface area contributed by atoms with Gasteiger partial charge >= 0.3 is 18.4 Å². The van der Waals surface area contributed by atoms with Crippen molar-refractivity contribution < 1.29 is 35.5 Å². The van der Waals surface area contributed by atoms with Gasteiger partial charge in [-0.1, -0.05) is 12.1 Å². The van der Waals surface area contributed by atoms with E-state index in [9.17, 15) is 35.5 Å². The summed E-state index contributed by atoms with van der Waals surface area (Å²) < 4.78 is 94.1. The third-order valence-electron chi connectivity index (χ3n) is 6.62. The summed E-state index contributed by atoms with van der Waals surface area (Å²) in [4.78, 5) is 18.1. The van der Waals surface area contributed by atoms with Gasteiger partial charge in [-0.05, 0) is 17.7 Å². The number of carbonyl (C=O) groups excluding carboxylic acids is 1. The van der Waals surface area contributed by atoms with E-state index in [4.69, 9.17) is 5.73 Å². The summed E-state index contributed by atoms with van der Waals surface area (Å²) in [6.45, 7) is 1.99. The lowest BCUT2D eigenvalue weighted by Crippen LogP contribution is -2.73. The third-order valence-corrected chi connectivity index (χ3v) is 6.62. The second kappa shape index (κ2) is 8.46. The van der Waals surface area contributed by atoms with Crippen molar-refractivity contribution in [1.82, 2.24) is 24.4 Å². The van der Waals surface area contributed by atoms with Crippen LogP contribution in [0.4, 0.5) is 41.3 Å². The first-order chi connectivity index (χ1) is 17.2. The molecule has 1 aromatic carbocycles. The number of hydrogen-bond acceptors (Lipinski definition) is 5. The molecule has 198 valence electrons. The van der Waals surface area contributed by atoms with E-state index in [1.807, 2.05) is 4.90 Å². The van der Waals surface area contributed by atoms with E-state index in [0.717, 1.165) is 0 Å². The van der Waals surface area contributed by atoms with Crippen LogP contribution < -0.4 is 11.1 Å². The van der Waals surface area contributed by atoms with Crippen LogP contribution in [-0.2, 0) is 12.4 Å². The Morgan fingerprint density at radius 3 is 2.19 bits per heavy atom. The largest absolute Gasteiger partial charge is 0.435 e. The molecule has 1 unspecified atom stereocenters. The van der Waals surface area contributed by atoms with Crippen LogP contribution in [0.3, 0.4) is 0 Å². The lowest BCUT2D eigenvalue weighted by atomic mass is 9.72. The van der Waals surface area contributed by atoms with Crippen LogP contribution in [0.25, 0.3) is 5.65 Å². The summed E-state index contributed by atoms with van der Waals surface area (Å²) in [5, 5.41) is 6.20. The number of urea groups is 1. The molecular weight excluding hydrogens is 511 g/mol. The normalized spacial score (nSPS) is 18.5. The molecule has 37 heavy (non-hydrogen) atoms. The number of likely N-dealkylation sites (tertiary alicyclic amines) is 2. The Labute approximate surface area is 204 Å². The maximum atomic E-state index is 13.5. The van der Waals surface area contributed by atoms with Crippen molar-refractivity contribution in [3.8, 4) is 0 Å². The van der Waals surface area contributed by atoms with Crippen molar-refractivity contribution in [3.05, 3.63) is 59.2 Å². The van der Waals surface area contributed by atoms with Gasteiger partial charge in [0.15, 0.2) is 17.0 Å². The van der Waals surface area contributed by atoms with E-state index in [-0.39, 0.29) is 17.8 Å². The van der Waals surface area contributed by atoms with Gasteiger partial charge in [-0.3, -0.25) is 4.90 Å². The number of fused-ring (bicyclic) bond motifs is 1. The summed E-state index contributed by atoms with van der Waals surface area (Å²) in [5.74, 6) is -0.813. The quantitative estimate of drug-likeness (QED) is 0.490. The summed E-state index contributed by atoms with van der Waals surface area (Å²) in [5.41, 5.74) is 2.40. The van der Waals surface area contributed by atoms with Crippen molar-refractivity contribution in [1.29, 1.82) is 0 Å². The number of benzene rings is 1. The van der Waals surface area contributed by atoms with Gasteiger partial charge in [0, 0.05) is 50.3 Å². The molecule has 15 heteroatoms. The van der Waals surface area contributed by atoms with Crippen molar-refractivity contribution in [2.45, 2.75) is 18.4 Å². The number of nitrogens with zero attached hydrogens (tertiary/aromatic N) is 5. The Balaban J connectivity index is 1.43. The van der Waals surface area contributed by atoms with Crippen LogP contribution in [0.1, 0.15) is 23.0 Å². The van der Waals surface area contributed by atoms with Crippen LogP contribution in [0.5, 0.6) is 0 Å². The number of primary amides is 1. The fourth-order valence-electron chi connectivity index (χ4n) is 4.88. The number of rotatable bonds is 5. The number of alkyl halides is 6. The molecule has 2 fully saturated rings. The molecule has 3 N–H and O–H groups in total. The zero-order chi connectivity index (χ0) is 26.8. The smallest absolute Gasteiger partial charge is 0.368 e. The fraction of sp³-hybridized carbons (Fsp3) is 0.409. The third kappa shape index (κ3) is 4.74. The molecule has 1 spiro atoms. The van der Waals surface area contributed by atoms with E-state index in [1.165, 1.54) is 29.2 Å². The van der Waals surface area contributed by atoms with E-state index in [0.29, 0.717) is 48.4 Å². The van der Waals surface area contributed by atoms with Crippen LogP contribution in [0.15, 0.2) is 36.4 Å². The molecule has 4 heterocycles. The Morgan fingerprint density at radius 2 is 1.62 bits per heavy atom. The van der Waals surface area contributed by atoms with E-state index in [1.54, 1.807) is 0 Å². The number of nitrogens with one attached hydrogen (secondary N) is 1. The molecule has 0 bridgehead atoms. The summed E-state index contributed by atoms with van der Waals surface area (Å²) >= 11 is 0. The highest BCUT2D eigenvalue weighted by Gasteiger charge is 2.54. The number of amides is 2. The van der Waals surface area contributed by atoms with Gasteiger partial charge in [0.25, 0.3) is 0 Å². The average Bonchev–Trinajstić information content (AvgIpc) is 3.18. The number of halogens is 7. The van der Waals surface area contributed by atoms with E-state index < -0.39 is 47.3 Å². The fourth-order valence-corrected chi connectivity index (χ4v) is 4.88. The van der Waals surface area contributed by atoms with Crippen LogP contribution in [0.2, 0.25) is 0 Å². The zero-order valence-electron chi connectivity index (χ0n) is 18.9. The molecular formula is C22H20F7N7O. The van der Waals surface area contributed by atoms with Gasteiger partial charge in [0.1, 0.15) is 11.6 Å². The van der Waals surface area contributed by atoms with E-state index >= 15 is 0 Å². The molecule has 5 rings (SSSR count). The number of nitrogens with two attached hydrogens (primary N) is 1. The second-order valence-electron chi connectivity index (χ2n) is 9.37. The molecule has 0 radical (unpaired) electrons. The maximum Gasteiger partial charge on any atom is 0.435 e. The minimum atomic E-state index is -4.91. The van der Waals surface area contributed by atoms with Crippen molar-refractivity contribution >= 4 is 17.5 Å². The van der Waals surface area contributed by atoms with Crippen LogP contribution >= 0.6 is 0 Å². The molecule has 2 saturated heterocycles. The predicted molar refractivity (Wildman–Crippen MR) is 116 cm³/mol. The Morgan fingerprint density at radius 1 is 1.00 bits per heavy atom. The van der Waals surface area contributed by atoms with Gasteiger partial charge in [-0.2, -0.15) is 36.0 Å². The standard InChI is InChI=1S/C22H20F7N7O/c23-13-3-1-12(2-4-13)14(34-8-20(9-34)10-35(11-20)19(30)37)7-31-17-5-15(21(24,25)26)32-18-6-16(22(27,28)29)33-36(17)18/h1-6,14,31H,7-11H2,(H2,30,37). The molecule has 0 saturated carbocycles. The van der Waals surface area contributed by atoms with Crippen molar-refractivity contribution in [2.24, 2.45) is 11.1 Å². The van der Waals surface area contributed by atoms with Crippen LogP contribution in [0, 0.1) is 11.2 Å². The zero-order valence-corrected chi connectivity index (χ0v) is 18.9. The summed E-state index contributed by atoms with van der Waals surface area (Å²) in [7, 11) is 0. The lowest BCUT2D eigenvalue weighted by molar-refractivity contribution is -0.142. The molecule has 3 aromatic rings. The average molecular weight is 531 g/mol. The Bertz CT molecular complexity index is 1320. The molecule has 2 amide bonds. The molecule has 0 aliphatic carbocycles. The van der Waals surface area contributed by atoms with Gasteiger partial charge in [0.05, 0.1) is 6.04 Å². The topological polar surface area (TPSA) is 91.8 Å². The minimum absolute atomic E-state index is 0.0289. The van der Waals surface area contributed by atoms with Gasteiger partial charge < -0.3 is 16.0 Å². The monoisotopic (exact) mass is 531 g/mol. The van der Waals surface area contributed by atoms with Gasteiger partial charge in [-0.15, -0.1) is 0 Å². The lowest BCUT2D eigenvalue weighted by Gasteiger charge is -2.61. The minimum Gasteiger partial charge on any atom is -0.368 e. The molecule has 2 aliphatic rings. The van der Waals surface area contributed by atoms with Crippen LogP contribution in [-0.4, -0.2) is 63.2 Å². The highest BCUT2D eigenvalue weighted by Crippen LogP contribution is 2.43. The maximum absolute atomic E-state index is 13.5. The first-order valence-corrected chi connectivity index (χ1v) is 11.1. The Kier molecular flexibility index (Phi) is 5.73. The number of hydrogen-bond donors (Lipinski definition) is 2. The SMILES string of the molecule is NC(=O)N1CC2(C1)CN(C(CNc1cc(C(F)(F)F)nc3cc(C(F)(F)F)nn13)c1ccc(F)cc1)C2. The van der Waals surface area contributed by atoms with Crippen molar-refractivity contribution in [2.75, 3.05) is 38.0 Å². The predicted octanol–water partition coefficient (Wildman–Crippen LogP) is 3.76. The molecule has 2 aliphatic heterocycles. The molecule has 2 aromatic heterocycles. The number of anilines is 1. The summed E-state index contributed by atoms with van der Waals surface area (Å²) in [6, 6.07) is 5.58. The Hall–Kier alpha value is -3.62. The van der Waals surface area contributed by atoms with E-state index in [2.05, 4.69) is 15.4 Å². The van der Waals surface area contributed by atoms with Crippen molar-refractivity contribution in [3.63, 3.8) is 0 Å². The van der Waals surface area contributed by atoms with Gasteiger partial charge in [-0.25, -0.2) is 14.2 Å². The van der Waals surface area contributed by atoms with Gasteiger partial charge in [0.2, 0.25) is 0 Å². The highest BCUT2D eigenvalue weighted by atomic mass is 19.4. The second-order valence-corrected chi connectivity index (χ2v) is 9.37. The summed E-state index contributed by atoms with van der Waals surface area (Å²) in [6.07, 6.45) is -9.79. The number of carbonyl (C=O) groups is 1. The highest BCUT2D eigenvalue weighted by molar-refractivity contribution is 5.73. The number of aromatic nitrogens is 3. The molecule has 1 atom stereocenters.